The zero-order chi connectivity index (χ0) is 16.7. The van der Waals surface area contributed by atoms with Crippen LogP contribution in [0.5, 0.6) is 17.2 Å². The van der Waals surface area contributed by atoms with Gasteiger partial charge in [0.15, 0.2) is 0 Å². The first-order valence-electron chi connectivity index (χ1n) is 6.72. The molecule has 0 bridgehead atoms. The van der Waals surface area contributed by atoms with E-state index in [4.69, 9.17) is 14.2 Å². The maximum absolute atomic E-state index is 11.3. The van der Waals surface area contributed by atoms with Crippen molar-refractivity contribution in [1.29, 1.82) is 0 Å². The van der Waals surface area contributed by atoms with Crippen molar-refractivity contribution in [2.45, 2.75) is 18.9 Å². The van der Waals surface area contributed by atoms with Crippen LogP contribution in [-0.4, -0.2) is 45.6 Å². The molecule has 0 radical (unpaired) electrons. The number of aliphatic hydroxyl groups is 1. The van der Waals surface area contributed by atoms with E-state index in [0.717, 1.165) is 0 Å². The minimum absolute atomic E-state index is 0.497. The largest absolute Gasteiger partial charge is 0.496 e. The zero-order valence-corrected chi connectivity index (χ0v) is 13.5. The molecule has 0 aliphatic rings. The van der Waals surface area contributed by atoms with Gasteiger partial charge in [-0.2, -0.15) is 0 Å². The number of benzene rings is 1. The second kappa shape index (κ2) is 8.29. The van der Waals surface area contributed by atoms with Crippen molar-refractivity contribution in [2.24, 2.45) is 0 Å². The van der Waals surface area contributed by atoms with Crippen LogP contribution in [0.3, 0.4) is 0 Å². The lowest BCUT2D eigenvalue weighted by molar-refractivity contribution is -0.134. The maximum atomic E-state index is 11.3. The van der Waals surface area contributed by atoms with Crippen LogP contribution in [0.4, 0.5) is 0 Å². The monoisotopic (exact) mass is 310 g/mol. The molecule has 0 aromatic heterocycles. The van der Waals surface area contributed by atoms with Gasteiger partial charge in [0.05, 0.1) is 34.5 Å². The molecule has 1 aromatic carbocycles. The summed E-state index contributed by atoms with van der Waals surface area (Å²) in [7, 11) is 5.86. The summed E-state index contributed by atoms with van der Waals surface area (Å²) >= 11 is 0. The topological polar surface area (TPSA) is 74.2 Å². The Labute approximate surface area is 130 Å². The Morgan fingerprint density at radius 1 is 1.09 bits per heavy atom. The molecule has 0 aliphatic heterocycles. The van der Waals surface area contributed by atoms with E-state index in [1.54, 1.807) is 25.1 Å². The molecule has 0 aliphatic carbocycles. The minimum Gasteiger partial charge on any atom is -0.496 e. The molecule has 1 N–H and O–H groups in total. The summed E-state index contributed by atoms with van der Waals surface area (Å²) in [6.07, 6.45) is 2.06. The molecule has 122 valence electrons. The molecule has 0 heterocycles. The molecule has 6 nitrogen and oxygen atoms in total. The van der Waals surface area contributed by atoms with Crippen molar-refractivity contribution in [3.05, 3.63) is 29.8 Å². The van der Waals surface area contributed by atoms with E-state index in [9.17, 15) is 9.90 Å². The predicted molar refractivity (Wildman–Crippen MR) is 81.7 cm³/mol. The SMILES string of the molecule is COC(=O)/C=C/[C@@H](c1c(OC)cc(OC)cc1OC)[C@H](C)O. The highest BCUT2D eigenvalue weighted by Crippen LogP contribution is 2.41. The van der Waals surface area contributed by atoms with Gasteiger partial charge in [-0.25, -0.2) is 4.79 Å². The smallest absolute Gasteiger partial charge is 0.330 e. The number of carbonyl (C=O) groups is 1. The first-order valence-corrected chi connectivity index (χ1v) is 6.72. The molecule has 0 unspecified atom stereocenters. The summed E-state index contributed by atoms with van der Waals surface area (Å²) in [6, 6.07) is 3.39. The molecule has 0 amide bonds. The highest BCUT2D eigenvalue weighted by atomic mass is 16.5. The van der Waals surface area contributed by atoms with E-state index < -0.39 is 18.0 Å². The van der Waals surface area contributed by atoms with Crippen LogP contribution < -0.4 is 14.2 Å². The summed E-state index contributed by atoms with van der Waals surface area (Å²) in [5, 5.41) is 10.1. The molecular weight excluding hydrogens is 288 g/mol. The standard InChI is InChI=1S/C16H22O6/c1-10(17)12(6-7-15(18)22-5)16-13(20-3)8-11(19-2)9-14(16)21-4/h6-10,12,17H,1-5H3/b7-6+/t10-,12+/m0/s1. The van der Waals surface area contributed by atoms with Gasteiger partial charge in [-0.05, 0) is 6.92 Å². The van der Waals surface area contributed by atoms with Crippen LogP contribution in [-0.2, 0) is 9.53 Å². The highest BCUT2D eigenvalue weighted by molar-refractivity contribution is 5.82. The van der Waals surface area contributed by atoms with E-state index >= 15 is 0 Å². The molecule has 22 heavy (non-hydrogen) atoms. The van der Waals surface area contributed by atoms with Crippen LogP contribution in [0.15, 0.2) is 24.3 Å². The Morgan fingerprint density at radius 2 is 1.64 bits per heavy atom. The number of carbonyl (C=O) groups excluding carboxylic acids is 1. The Hall–Kier alpha value is -2.21. The summed E-state index contributed by atoms with van der Waals surface area (Å²) in [5.74, 6) is 0.555. The van der Waals surface area contributed by atoms with Gasteiger partial charge in [0.1, 0.15) is 17.2 Å². The fourth-order valence-electron chi connectivity index (χ4n) is 2.11. The fourth-order valence-corrected chi connectivity index (χ4v) is 2.11. The van der Waals surface area contributed by atoms with E-state index in [2.05, 4.69) is 4.74 Å². The fraction of sp³-hybridized carbons (Fsp3) is 0.438. The number of aliphatic hydroxyl groups excluding tert-OH is 1. The second-order valence-electron chi connectivity index (χ2n) is 4.59. The molecular formula is C16H22O6. The van der Waals surface area contributed by atoms with Crippen molar-refractivity contribution in [2.75, 3.05) is 28.4 Å². The lowest BCUT2D eigenvalue weighted by Crippen LogP contribution is -2.15. The molecule has 0 saturated carbocycles. The lowest BCUT2D eigenvalue weighted by Gasteiger charge is -2.22. The zero-order valence-electron chi connectivity index (χ0n) is 13.5. The van der Waals surface area contributed by atoms with Crippen LogP contribution in [0.2, 0.25) is 0 Å². The Morgan fingerprint density at radius 3 is 2.00 bits per heavy atom. The Kier molecular flexibility index (Phi) is 6.72. The van der Waals surface area contributed by atoms with Gasteiger partial charge < -0.3 is 24.1 Å². The van der Waals surface area contributed by atoms with Gasteiger partial charge in [-0.3, -0.25) is 0 Å². The normalized spacial score (nSPS) is 13.5. The van der Waals surface area contributed by atoms with Gasteiger partial charge in [0, 0.05) is 29.7 Å². The van der Waals surface area contributed by atoms with Crippen LogP contribution in [0.1, 0.15) is 18.4 Å². The van der Waals surface area contributed by atoms with E-state index in [-0.39, 0.29) is 0 Å². The average molecular weight is 310 g/mol. The minimum atomic E-state index is -0.767. The molecule has 1 rings (SSSR count). The third-order valence-electron chi connectivity index (χ3n) is 3.25. The van der Waals surface area contributed by atoms with E-state index in [0.29, 0.717) is 22.8 Å². The lowest BCUT2D eigenvalue weighted by atomic mass is 9.91. The van der Waals surface area contributed by atoms with Crippen LogP contribution in [0, 0.1) is 0 Å². The van der Waals surface area contributed by atoms with Crippen molar-refractivity contribution in [3.63, 3.8) is 0 Å². The average Bonchev–Trinajstić information content (AvgIpc) is 2.53. The number of hydrogen-bond donors (Lipinski definition) is 1. The predicted octanol–water partition coefficient (Wildman–Crippen LogP) is 1.91. The molecule has 0 spiro atoms. The quantitative estimate of drug-likeness (QED) is 0.612. The van der Waals surface area contributed by atoms with Crippen LogP contribution in [0.25, 0.3) is 0 Å². The Bertz CT molecular complexity index is 510. The molecule has 2 atom stereocenters. The number of rotatable bonds is 7. The van der Waals surface area contributed by atoms with Gasteiger partial charge in [0.25, 0.3) is 0 Å². The van der Waals surface area contributed by atoms with Crippen molar-refractivity contribution in [1.82, 2.24) is 0 Å². The van der Waals surface area contributed by atoms with Gasteiger partial charge in [-0.1, -0.05) is 6.08 Å². The summed E-state index contributed by atoms with van der Waals surface area (Å²) < 4.78 is 20.5. The summed E-state index contributed by atoms with van der Waals surface area (Å²) in [4.78, 5) is 11.3. The van der Waals surface area contributed by atoms with Crippen molar-refractivity contribution in [3.8, 4) is 17.2 Å². The van der Waals surface area contributed by atoms with Crippen LogP contribution >= 0.6 is 0 Å². The van der Waals surface area contributed by atoms with Gasteiger partial charge in [-0.15, -0.1) is 0 Å². The maximum Gasteiger partial charge on any atom is 0.330 e. The Balaban J connectivity index is 3.40. The number of hydrogen-bond acceptors (Lipinski definition) is 6. The third-order valence-corrected chi connectivity index (χ3v) is 3.25. The summed E-state index contributed by atoms with van der Waals surface area (Å²) in [5.41, 5.74) is 0.626. The molecule has 6 heteroatoms. The van der Waals surface area contributed by atoms with Crippen molar-refractivity contribution < 1.29 is 28.8 Å². The molecule has 0 fully saturated rings. The first-order chi connectivity index (χ1) is 10.5. The van der Waals surface area contributed by atoms with Gasteiger partial charge in [0.2, 0.25) is 0 Å². The highest BCUT2D eigenvalue weighted by Gasteiger charge is 2.24. The van der Waals surface area contributed by atoms with Gasteiger partial charge >= 0.3 is 5.97 Å². The van der Waals surface area contributed by atoms with E-state index in [1.165, 1.54) is 34.5 Å². The molecule has 1 aromatic rings. The third kappa shape index (κ3) is 4.14. The van der Waals surface area contributed by atoms with E-state index in [1.807, 2.05) is 0 Å². The second-order valence-corrected chi connectivity index (χ2v) is 4.59. The number of methoxy groups -OCH3 is 4. The number of esters is 1. The first kappa shape index (κ1) is 17.8. The summed E-state index contributed by atoms with van der Waals surface area (Å²) in [6.45, 7) is 1.62. The van der Waals surface area contributed by atoms with Crippen molar-refractivity contribution >= 4 is 5.97 Å². The number of ether oxygens (including phenoxy) is 4. The molecule has 0 saturated heterocycles.